The number of rotatable bonds is 4. The number of hydrogen-bond donors (Lipinski definition) is 0. The summed E-state index contributed by atoms with van der Waals surface area (Å²) in [5.41, 5.74) is 0.449. The molecule has 1 fully saturated rings. The molecule has 120 valence electrons. The number of halogens is 1. The van der Waals surface area contributed by atoms with E-state index in [0.29, 0.717) is 11.3 Å². The lowest BCUT2D eigenvalue weighted by molar-refractivity contribution is -0.134. The Morgan fingerprint density at radius 2 is 1.78 bits per heavy atom. The van der Waals surface area contributed by atoms with Crippen LogP contribution in [0.4, 0.5) is 4.79 Å². The average Bonchev–Trinajstić information content (AvgIpc) is 2.54. The van der Waals surface area contributed by atoms with Gasteiger partial charge in [0.25, 0.3) is 11.8 Å². The molecule has 1 heterocycles. The maximum absolute atomic E-state index is 12.2. The van der Waals surface area contributed by atoms with Gasteiger partial charge in [0.15, 0.2) is 0 Å². The van der Waals surface area contributed by atoms with Crippen molar-refractivity contribution >= 4 is 39.9 Å². The van der Waals surface area contributed by atoms with Crippen molar-refractivity contribution in [2.24, 2.45) is 0 Å². The van der Waals surface area contributed by atoms with E-state index >= 15 is 0 Å². The Morgan fingerprint density at radius 1 is 1.17 bits per heavy atom. The van der Waals surface area contributed by atoms with Crippen molar-refractivity contribution in [3.8, 4) is 5.75 Å². The SMILES string of the molecule is C=CCOc1ccc(Br)cc1C=C1C(=O)N(C)C(=O)N(C)C1=O. The van der Waals surface area contributed by atoms with Gasteiger partial charge in [-0.25, -0.2) is 4.79 Å². The molecule has 6 nitrogen and oxygen atoms in total. The third kappa shape index (κ3) is 3.34. The van der Waals surface area contributed by atoms with E-state index in [1.807, 2.05) is 0 Å². The largest absolute Gasteiger partial charge is 0.489 e. The third-order valence-electron chi connectivity index (χ3n) is 3.27. The summed E-state index contributed by atoms with van der Waals surface area (Å²) in [6, 6.07) is 4.57. The molecule has 0 aliphatic carbocycles. The molecule has 4 amide bonds. The van der Waals surface area contributed by atoms with Crippen LogP contribution in [0.1, 0.15) is 5.56 Å². The summed E-state index contributed by atoms with van der Waals surface area (Å²) in [6.07, 6.45) is 3.02. The fourth-order valence-corrected chi connectivity index (χ4v) is 2.42. The topological polar surface area (TPSA) is 66.9 Å². The van der Waals surface area contributed by atoms with Crippen LogP contribution in [-0.4, -0.2) is 48.3 Å². The van der Waals surface area contributed by atoms with Gasteiger partial charge in [-0.1, -0.05) is 28.6 Å². The lowest BCUT2D eigenvalue weighted by Crippen LogP contribution is -2.52. The normalized spacial score (nSPS) is 15.1. The minimum atomic E-state index is -0.658. The quantitative estimate of drug-likeness (QED) is 0.458. The van der Waals surface area contributed by atoms with Gasteiger partial charge < -0.3 is 4.74 Å². The van der Waals surface area contributed by atoms with Crippen LogP contribution >= 0.6 is 15.9 Å². The lowest BCUT2D eigenvalue weighted by Gasteiger charge is -2.29. The predicted octanol–water partition coefficient (Wildman–Crippen LogP) is 2.45. The molecule has 23 heavy (non-hydrogen) atoms. The number of barbiturate groups is 1. The van der Waals surface area contributed by atoms with Gasteiger partial charge in [-0.15, -0.1) is 0 Å². The van der Waals surface area contributed by atoms with Crippen molar-refractivity contribution in [3.63, 3.8) is 0 Å². The molecule has 0 atom stereocenters. The Kier molecular flexibility index (Phi) is 5.00. The second-order valence-corrected chi connectivity index (χ2v) is 5.77. The van der Waals surface area contributed by atoms with E-state index in [-0.39, 0.29) is 12.2 Å². The second kappa shape index (κ2) is 6.78. The number of nitrogens with zero attached hydrogens (tertiary/aromatic N) is 2. The smallest absolute Gasteiger partial charge is 0.333 e. The summed E-state index contributed by atoms with van der Waals surface area (Å²) in [5, 5.41) is 0. The van der Waals surface area contributed by atoms with Crippen LogP contribution < -0.4 is 4.74 Å². The summed E-state index contributed by atoms with van der Waals surface area (Å²) in [4.78, 5) is 38.0. The second-order valence-electron chi connectivity index (χ2n) is 4.85. The lowest BCUT2D eigenvalue weighted by atomic mass is 10.1. The standard InChI is InChI=1S/C16H15BrN2O4/c1-4-7-23-13-6-5-11(17)8-10(13)9-12-14(20)18(2)16(22)19(3)15(12)21/h4-6,8-9H,1,7H2,2-3H3. The number of imide groups is 2. The molecule has 0 aromatic heterocycles. The zero-order valence-electron chi connectivity index (χ0n) is 12.7. The molecule has 0 N–H and O–H groups in total. The van der Waals surface area contributed by atoms with E-state index in [1.54, 1.807) is 24.3 Å². The van der Waals surface area contributed by atoms with Crippen LogP contribution in [-0.2, 0) is 9.59 Å². The molecule has 1 aliphatic heterocycles. The Morgan fingerprint density at radius 3 is 2.35 bits per heavy atom. The number of benzene rings is 1. The highest BCUT2D eigenvalue weighted by atomic mass is 79.9. The first kappa shape index (κ1) is 17.0. The van der Waals surface area contributed by atoms with Crippen LogP contribution in [0.25, 0.3) is 6.08 Å². The fourth-order valence-electron chi connectivity index (χ4n) is 2.04. The van der Waals surface area contributed by atoms with Crippen LogP contribution in [0.5, 0.6) is 5.75 Å². The molecular formula is C16H15BrN2O4. The molecule has 1 aromatic rings. The number of hydrogen-bond acceptors (Lipinski definition) is 4. The Balaban J connectivity index is 2.49. The molecule has 7 heteroatoms. The van der Waals surface area contributed by atoms with Gasteiger partial charge in [-0.05, 0) is 24.3 Å². The Hall–Kier alpha value is -2.41. The molecule has 1 aliphatic rings. The maximum Gasteiger partial charge on any atom is 0.333 e. The van der Waals surface area contributed by atoms with E-state index < -0.39 is 17.8 Å². The van der Waals surface area contributed by atoms with Crippen LogP contribution in [0.15, 0.2) is 40.9 Å². The number of urea groups is 1. The van der Waals surface area contributed by atoms with Gasteiger partial charge in [0.1, 0.15) is 17.9 Å². The van der Waals surface area contributed by atoms with Crippen molar-refractivity contribution in [1.29, 1.82) is 0 Å². The van der Waals surface area contributed by atoms with Gasteiger partial charge in [-0.3, -0.25) is 19.4 Å². The minimum absolute atomic E-state index is 0.101. The summed E-state index contributed by atoms with van der Waals surface area (Å²) < 4.78 is 6.30. The van der Waals surface area contributed by atoms with Gasteiger partial charge in [0.2, 0.25) is 0 Å². The molecule has 1 saturated heterocycles. The highest BCUT2D eigenvalue weighted by Gasteiger charge is 2.37. The average molecular weight is 379 g/mol. The summed E-state index contributed by atoms with van der Waals surface area (Å²) >= 11 is 3.34. The van der Waals surface area contributed by atoms with Gasteiger partial charge in [0.05, 0.1) is 0 Å². The third-order valence-corrected chi connectivity index (χ3v) is 3.77. The minimum Gasteiger partial charge on any atom is -0.489 e. The van der Waals surface area contributed by atoms with E-state index in [9.17, 15) is 14.4 Å². The zero-order valence-corrected chi connectivity index (χ0v) is 14.3. The number of ether oxygens (including phenoxy) is 1. The van der Waals surface area contributed by atoms with Crippen molar-refractivity contribution in [2.45, 2.75) is 0 Å². The van der Waals surface area contributed by atoms with Crippen molar-refractivity contribution < 1.29 is 19.1 Å². The zero-order chi connectivity index (χ0) is 17.1. The highest BCUT2D eigenvalue weighted by Crippen LogP contribution is 2.27. The van der Waals surface area contributed by atoms with Crippen molar-refractivity contribution in [1.82, 2.24) is 9.80 Å². The molecule has 1 aromatic carbocycles. The predicted molar refractivity (Wildman–Crippen MR) is 88.7 cm³/mol. The maximum atomic E-state index is 12.2. The molecule has 0 radical (unpaired) electrons. The number of carbonyl (C=O) groups is 3. The molecule has 0 bridgehead atoms. The fraction of sp³-hybridized carbons (Fsp3) is 0.188. The summed E-state index contributed by atoms with van der Waals surface area (Å²) in [7, 11) is 2.66. The molecule has 0 spiro atoms. The van der Waals surface area contributed by atoms with Crippen molar-refractivity contribution in [2.75, 3.05) is 20.7 Å². The van der Waals surface area contributed by atoms with Crippen LogP contribution in [0.3, 0.4) is 0 Å². The first-order valence-corrected chi connectivity index (χ1v) is 7.51. The first-order chi connectivity index (χ1) is 10.9. The van der Waals surface area contributed by atoms with Gasteiger partial charge in [0, 0.05) is 24.1 Å². The first-order valence-electron chi connectivity index (χ1n) is 6.71. The van der Waals surface area contributed by atoms with Gasteiger partial charge >= 0.3 is 6.03 Å². The van der Waals surface area contributed by atoms with Crippen LogP contribution in [0, 0.1) is 0 Å². The molecular weight excluding hydrogens is 364 g/mol. The molecule has 2 rings (SSSR count). The molecule has 0 saturated carbocycles. The highest BCUT2D eigenvalue weighted by molar-refractivity contribution is 9.10. The summed E-state index contributed by atoms with van der Waals surface area (Å²) in [6.45, 7) is 3.87. The van der Waals surface area contributed by atoms with E-state index in [0.717, 1.165) is 14.3 Å². The van der Waals surface area contributed by atoms with E-state index in [1.165, 1.54) is 20.2 Å². The summed E-state index contributed by atoms with van der Waals surface area (Å²) in [5.74, 6) is -0.788. The Labute approximate surface area is 142 Å². The number of likely N-dealkylation sites (N-methyl/N-ethyl adjacent to an activating group) is 2. The van der Waals surface area contributed by atoms with E-state index in [4.69, 9.17) is 4.74 Å². The van der Waals surface area contributed by atoms with E-state index in [2.05, 4.69) is 22.5 Å². The Bertz CT molecular complexity index is 701. The monoisotopic (exact) mass is 378 g/mol. The number of carbonyl (C=O) groups excluding carboxylic acids is 3. The van der Waals surface area contributed by atoms with Crippen molar-refractivity contribution in [3.05, 3.63) is 46.5 Å². The number of amides is 4. The molecule has 0 unspecified atom stereocenters. The van der Waals surface area contributed by atoms with Gasteiger partial charge in [-0.2, -0.15) is 0 Å². The van der Waals surface area contributed by atoms with Crippen LogP contribution in [0.2, 0.25) is 0 Å².